The summed E-state index contributed by atoms with van der Waals surface area (Å²) in [6.07, 6.45) is 1.65. The molecule has 0 saturated carbocycles. The molecule has 0 unspecified atom stereocenters. The SMILES string of the molecule is Oc1ccc(-c2nc(-c3cncs3)no2)cc1O. The molecular formula is C11H7N3O3S. The number of benzene rings is 1. The van der Waals surface area contributed by atoms with E-state index < -0.39 is 0 Å². The quantitative estimate of drug-likeness (QED) is 0.687. The summed E-state index contributed by atoms with van der Waals surface area (Å²) in [4.78, 5) is 8.92. The van der Waals surface area contributed by atoms with Gasteiger partial charge in [-0.15, -0.1) is 11.3 Å². The van der Waals surface area contributed by atoms with Crippen molar-refractivity contribution in [1.82, 2.24) is 15.1 Å². The molecule has 3 rings (SSSR count). The lowest BCUT2D eigenvalue weighted by molar-refractivity contribution is 0.402. The summed E-state index contributed by atoms with van der Waals surface area (Å²) in [6, 6.07) is 4.31. The highest BCUT2D eigenvalue weighted by Crippen LogP contribution is 2.30. The van der Waals surface area contributed by atoms with Crippen molar-refractivity contribution in [2.24, 2.45) is 0 Å². The number of aromatic hydroxyl groups is 2. The van der Waals surface area contributed by atoms with Crippen molar-refractivity contribution in [3.05, 3.63) is 29.9 Å². The third kappa shape index (κ3) is 1.80. The molecule has 0 bridgehead atoms. The molecule has 2 N–H and O–H groups in total. The van der Waals surface area contributed by atoms with Crippen molar-refractivity contribution in [3.8, 4) is 33.7 Å². The van der Waals surface area contributed by atoms with E-state index in [0.717, 1.165) is 4.88 Å². The van der Waals surface area contributed by atoms with Crippen LogP contribution >= 0.6 is 11.3 Å². The Balaban J connectivity index is 2.00. The largest absolute Gasteiger partial charge is 0.504 e. The van der Waals surface area contributed by atoms with Crippen molar-refractivity contribution in [3.63, 3.8) is 0 Å². The molecule has 0 fully saturated rings. The van der Waals surface area contributed by atoms with E-state index in [2.05, 4.69) is 15.1 Å². The fraction of sp³-hybridized carbons (Fsp3) is 0. The Labute approximate surface area is 105 Å². The molecule has 3 aromatic rings. The van der Waals surface area contributed by atoms with Crippen molar-refractivity contribution in [2.45, 2.75) is 0 Å². The zero-order valence-electron chi connectivity index (χ0n) is 8.94. The van der Waals surface area contributed by atoms with Crippen LogP contribution in [0.2, 0.25) is 0 Å². The number of hydrogen-bond acceptors (Lipinski definition) is 7. The summed E-state index contributed by atoms with van der Waals surface area (Å²) in [5.41, 5.74) is 2.21. The van der Waals surface area contributed by atoms with Crippen LogP contribution in [0.4, 0.5) is 0 Å². The van der Waals surface area contributed by atoms with Crippen LogP contribution in [0.5, 0.6) is 11.5 Å². The molecule has 0 saturated heterocycles. The molecule has 6 nitrogen and oxygen atoms in total. The van der Waals surface area contributed by atoms with Gasteiger partial charge in [0.2, 0.25) is 5.82 Å². The fourth-order valence-corrected chi connectivity index (χ4v) is 1.97. The zero-order chi connectivity index (χ0) is 12.5. The minimum Gasteiger partial charge on any atom is -0.504 e. The van der Waals surface area contributed by atoms with Gasteiger partial charge in [-0.3, -0.25) is 4.98 Å². The number of nitrogens with zero attached hydrogens (tertiary/aromatic N) is 3. The van der Waals surface area contributed by atoms with Gasteiger partial charge in [-0.2, -0.15) is 4.98 Å². The average Bonchev–Trinajstić information content (AvgIpc) is 3.01. The van der Waals surface area contributed by atoms with Crippen LogP contribution in [0.3, 0.4) is 0 Å². The number of phenolic OH excluding ortho intramolecular Hbond substituents is 2. The second kappa shape index (κ2) is 4.11. The minimum atomic E-state index is -0.231. The highest BCUT2D eigenvalue weighted by molar-refractivity contribution is 7.13. The summed E-state index contributed by atoms with van der Waals surface area (Å²) >= 11 is 1.40. The molecule has 0 amide bonds. The Kier molecular flexibility index (Phi) is 2.45. The lowest BCUT2D eigenvalue weighted by atomic mass is 10.2. The highest BCUT2D eigenvalue weighted by atomic mass is 32.1. The Hall–Kier alpha value is -2.41. The second-order valence-electron chi connectivity index (χ2n) is 3.49. The van der Waals surface area contributed by atoms with Gasteiger partial charge in [-0.25, -0.2) is 0 Å². The molecule has 2 heterocycles. The van der Waals surface area contributed by atoms with Crippen molar-refractivity contribution < 1.29 is 14.7 Å². The molecule has 0 spiro atoms. The normalized spacial score (nSPS) is 10.7. The third-order valence-corrected chi connectivity index (χ3v) is 3.07. The molecule has 0 aliphatic heterocycles. The lowest BCUT2D eigenvalue weighted by Gasteiger charge is -1.98. The van der Waals surface area contributed by atoms with Crippen LogP contribution in [-0.2, 0) is 0 Å². The smallest absolute Gasteiger partial charge is 0.258 e. The minimum absolute atomic E-state index is 0.194. The molecule has 18 heavy (non-hydrogen) atoms. The fourth-order valence-electron chi connectivity index (χ4n) is 1.42. The van der Waals surface area contributed by atoms with Crippen LogP contribution < -0.4 is 0 Å². The third-order valence-electron chi connectivity index (χ3n) is 2.30. The van der Waals surface area contributed by atoms with E-state index in [9.17, 15) is 10.2 Å². The number of hydrogen-bond donors (Lipinski definition) is 2. The summed E-state index contributed by atoms with van der Waals surface area (Å²) < 4.78 is 5.09. The monoisotopic (exact) mass is 261 g/mol. The molecule has 90 valence electrons. The summed E-state index contributed by atoms with van der Waals surface area (Å²) in [5.74, 6) is 0.291. The zero-order valence-corrected chi connectivity index (χ0v) is 9.76. The summed E-state index contributed by atoms with van der Waals surface area (Å²) in [7, 11) is 0. The average molecular weight is 261 g/mol. The number of phenols is 2. The summed E-state index contributed by atoms with van der Waals surface area (Å²) in [6.45, 7) is 0. The Bertz CT molecular complexity index is 679. The molecule has 2 aromatic heterocycles. The molecule has 0 radical (unpaired) electrons. The van der Waals surface area contributed by atoms with Crippen molar-refractivity contribution in [2.75, 3.05) is 0 Å². The maximum Gasteiger partial charge on any atom is 0.258 e. The highest BCUT2D eigenvalue weighted by Gasteiger charge is 2.13. The van der Waals surface area contributed by atoms with Crippen molar-refractivity contribution >= 4 is 11.3 Å². The number of thiazole rings is 1. The maximum atomic E-state index is 9.40. The Morgan fingerprint density at radius 2 is 2.06 bits per heavy atom. The first-order chi connectivity index (χ1) is 8.74. The Morgan fingerprint density at radius 1 is 1.17 bits per heavy atom. The van der Waals surface area contributed by atoms with Gasteiger partial charge >= 0.3 is 0 Å². The van der Waals surface area contributed by atoms with E-state index in [1.807, 2.05) is 0 Å². The van der Waals surface area contributed by atoms with Gasteiger partial charge in [-0.05, 0) is 18.2 Å². The van der Waals surface area contributed by atoms with Crippen LogP contribution in [0.1, 0.15) is 0 Å². The lowest BCUT2D eigenvalue weighted by Crippen LogP contribution is -1.79. The first-order valence-electron chi connectivity index (χ1n) is 4.99. The van der Waals surface area contributed by atoms with Gasteiger partial charge in [0.1, 0.15) is 0 Å². The van der Waals surface area contributed by atoms with Crippen LogP contribution in [0.15, 0.2) is 34.4 Å². The van der Waals surface area contributed by atoms with Crippen molar-refractivity contribution in [1.29, 1.82) is 0 Å². The van der Waals surface area contributed by atoms with E-state index in [0.29, 0.717) is 11.4 Å². The molecule has 1 aromatic carbocycles. The van der Waals surface area contributed by atoms with Crippen LogP contribution in [0.25, 0.3) is 22.2 Å². The molecule has 0 atom stereocenters. The Morgan fingerprint density at radius 3 is 2.78 bits per heavy atom. The van der Waals surface area contributed by atoms with E-state index >= 15 is 0 Å². The molecule has 0 aliphatic carbocycles. The number of rotatable bonds is 2. The van der Waals surface area contributed by atoms with E-state index in [1.54, 1.807) is 17.8 Å². The second-order valence-corrected chi connectivity index (χ2v) is 4.38. The van der Waals surface area contributed by atoms with Gasteiger partial charge in [0, 0.05) is 11.8 Å². The van der Waals surface area contributed by atoms with Gasteiger partial charge < -0.3 is 14.7 Å². The van der Waals surface area contributed by atoms with Crippen LogP contribution in [-0.4, -0.2) is 25.3 Å². The van der Waals surface area contributed by atoms with Crippen LogP contribution in [0, 0.1) is 0 Å². The van der Waals surface area contributed by atoms with Gasteiger partial charge in [-0.1, -0.05) is 5.16 Å². The van der Waals surface area contributed by atoms with Gasteiger partial charge in [0.05, 0.1) is 10.4 Å². The molecule has 7 heteroatoms. The van der Waals surface area contributed by atoms with Gasteiger partial charge in [0.15, 0.2) is 11.5 Å². The topological polar surface area (TPSA) is 92.3 Å². The predicted molar refractivity (Wildman–Crippen MR) is 64.2 cm³/mol. The van der Waals surface area contributed by atoms with Gasteiger partial charge in [0.25, 0.3) is 5.89 Å². The summed E-state index contributed by atoms with van der Waals surface area (Å²) in [5, 5.41) is 22.5. The van der Waals surface area contributed by atoms with E-state index in [1.165, 1.54) is 23.5 Å². The van der Waals surface area contributed by atoms with E-state index in [4.69, 9.17) is 4.52 Å². The standard InChI is InChI=1S/C11H7N3O3S/c15-7-2-1-6(3-8(7)16)11-13-10(14-17-11)9-4-12-5-18-9/h1-5,15-16H. The first-order valence-corrected chi connectivity index (χ1v) is 5.87. The number of aromatic nitrogens is 3. The first kappa shape index (κ1) is 10.7. The predicted octanol–water partition coefficient (Wildman–Crippen LogP) is 2.27. The molecule has 0 aliphatic rings. The maximum absolute atomic E-state index is 9.40. The molecular weight excluding hydrogens is 254 g/mol. The van der Waals surface area contributed by atoms with E-state index in [-0.39, 0.29) is 17.4 Å².